The average Bonchev–Trinajstić information content (AvgIpc) is 3.21. The van der Waals surface area contributed by atoms with Gasteiger partial charge in [0.05, 0.1) is 10.5 Å². The number of piperazine rings is 1. The summed E-state index contributed by atoms with van der Waals surface area (Å²) >= 11 is 1.69. The number of aryl methyl sites for hydroxylation is 1. The number of benzene rings is 1. The Kier molecular flexibility index (Phi) is 6.26. The molecule has 8 heteroatoms. The molecule has 0 saturated carbocycles. The molecule has 1 amide bonds. The Labute approximate surface area is 163 Å². The minimum atomic E-state index is -3.73. The van der Waals surface area contributed by atoms with Crippen LogP contribution in [0.25, 0.3) is 0 Å². The van der Waals surface area contributed by atoms with Gasteiger partial charge in [-0.05, 0) is 36.4 Å². The first-order valence-electron chi connectivity index (χ1n) is 8.82. The molecular weight excluding hydrogens is 382 g/mol. The van der Waals surface area contributed by atoms with Crippen molar-refractivity contribution in [3.05, 3.63) is 52.2 Å². The zero-order valence-corrected chi connectivity index (χ0v) is 16.5. The van der Waals surface area contributed by atoms with Gasteiger partial charge in [0, 0.05) is 37.5 Å². The van der Waals surface area contributed by atoms with Gasteiger partial charge in [-0.1, -0.05) is 18.2 Å². The zero-order chi connectivity index (χ0) is 19.3. The van der Waals surface area contributed by atoms with Crippen LogP contribution in [0.3, 0.4) is 0 Å². The standard InChI is InChI=1S/C19H21N3O3S2/c20-15-16-5-1-2-8-18(16)27(24,25)22-12-10-21(11-13-22)19(23)9-3-6-17-7-4-14-26-17/h1-2,4-5,7-8,14H,3,6,9-13H2. The van der Waals surface area contributed by atoms with Gasteiger partial charge in [0.1, 0.15) is 6.07 Å². The molecule has 2 heterocycles. The van der Waals surface area contributed by atoms with Crippen LogP contribution in [-0.2, 0) is 21.2 Å². The van der Waals surface area contributed by atoms with Crippen molar-refractivity contribution in [2.24, 2.45) is 0 Å². The molecule has 1 aromatic carbocycles. The second-order valence-electron chi connectivity index (χ2n) is 6.33. The molecule has 2 aromatic rings. The maximum absolute atomic E-state index is 12.8. The van der Waals surface area contributed by atoms with Crippen LogP contribution < -0.4 is 0 Å². The number of amides is 1. The van der Waals surface area contributed by atoms with Crippen molar-refractivity contribution in [1.82, 2.24) is 9.21 Å². The van der Waals surface area contributed by atoms with E-state index in [-0.39, 0.29) is 29.5 Å². The lowest BCUT2D eigenvalue weighted by Crippen LogP contribution is -2.50. The second kappa shape index (κ2) is 8.65. The molecule has 142 valence electrons. The minimum Gasteiger partial charge on any atom is -0.340 e. The van der Waals surface area contributed by atoms with Gasteiger partial charge >= 0.3 is 0 Å². The van der Waals surface area contributed by atoms with E-state index >= 15 is 0 Å². The van der Waals surface area contributed by atoms with Crippen molar-refractivity contribution < 1.29 is 13.2 Å². The fourth-order valence-corrected chi connectivity index (χ4v) is 5.44. The van der Waals surface area contributed by atoms with E-state index in [4.69, 9.17) is 5.26 Å². The van der Waals surface area contributed by atoms with Crippen LogP contribution in [0.4, 0.5) is 0 Å². The first kappa shape index (κ1) is 19.5. The van der Waals surface area contributed by atoms with E-state index in [1.807, 2.05) is 17.5 Å². The Hall–Kier alpha value is -2.21. The first-order chi connectivity index (χ1) is 13.0. The van der Waals surface area contributed by atoms with Crippen molar-refractivity contribution >= 4 is 27.3 Å². The zero-order valence-electron chi connectivity index (χ0n) is 14.9. The van der Waals surface area contributed by atoms with Gasteiger partial charge < -0.3 is 4.90 Å². The second-order valence-corrected chi connectivity index (χ2v) is 9.26. The summed E-state index contributed by atoms with van der Waals surface area (Å²) in [5, 5.41) is 11.2. The van der Waals surface area contributed by atoms with Gasteiger partial charge in [-0.3, -0.25) is 4.79 Å². The Balaban J connectivity index is 1.55. The van der Waals surface area contributed by atoms with Crippen LogP contribution in [0.5, 0.6) is 0 Å². The molecule has 1 fully saturated rings. The minimum absolute atomic E-state index is 0.0308. The molecular formula is C19H21N3O3S2. The number of carbonyl (C=O) groups excluding carboxylic acids is 1. The van der Waals surface area contributed by atoms with Crippen LogP contribution >= 0.6 is 11.3 Å². The third kappa shape index (κ3) is 4.56. The van der Waals surface area contributed by atoms with Crippen molar-refractivity contribution in [2.45, 2.75) is 24.2 Å². The Morgan fingerprint density at radius 3 is 2.52 bits per heavy atom. The van der Waals surface area contributed by atoms with E-state index in [9.17, 15) is 13.2 Å². The normalized spacial score (nSPS) is 15.4. The van der Waals surface area contributed by atoms with E-state index in [0.29, 0.717) is 19.5 Å². The average molecular weight is 404 g/mol. The first-order valence-corrected chi connectivity index (χ1v) is 11.1. The highest BCUT2D eigenvalue weighted by molar-refractivity contribution is 7.89. The molecule has 0 bridgehead atoms. The quantitative estimate of drug-likeness (QED) is 0.742. The smallest absolute Gasteiger partial charge is 0.244 e. The van der Waals surface area contributed by atoms with Crippen LogP contribution in [0.1, 0.15) is 23.3 Å². The van der Waals surface area contributed by atoms with Gasteiger partial charge in [0.15, 0.2) is 0 Å². The van der Waals surface area contributed by atoms with E-state index in [1.165, 1.54) is 21.3 Å². The lowest BCUT2D eigenvalue weighted by molar-refractivity contribution is -0.132. The van der Waals surface area contributed by atoms with Gasteiger partial charge in [-0.2, -0.15) is 9.57 Å². The van der Waals surface area contributed by atoms with Gasteiger partial charge in [0.2, 0.25) is 15.9 Å². The number of sulfonamides is 1. The highest BCUT2D eigenvalue weighted by atomic mass is 32.2. The molecule has 1 aliphatic rings. The molecule has 0 unspecified atom stereocenters. The third-order valence-corrected chi connectivity index (χ3v) is 7.50. The fourth-order valence-electron chi connectivity index (χ4n) is 3.13. The largest absolute Gasteiger partial charge is 0.340 e. The number of thiophene rings is 1. The van der Waals surface area contributed by atoms with Crippen molar-refractivity contribution in [3.63, 3.8) is 0 Å². The van der Waals surface area contributed by atoms with Gasteiger partial charge in [-0.25, -0.2) is 8.42 Å². The molecule has 0 spiro atoms. The predicted octanol–water partition coefficient (Wildman–Crippen LogP) is 2.48. The monoisotopic (exact) mass is 403 g/mol. The Morgan fingerprint density at radius 2 is 1.85 bits per heavy atom. The summed E-state index contributed by atoms with van der Waals surface area (Å²) in [5.74, 6) is 0.0704. The van der Waals surface area contributed by atoms with E-state index in [0.717, 1.165) is 12.8 Å². The molecule has 27 heavy (non-hydrogen) atoms. The summed E-state index contributed by atoms with van der Waals surface area (Å²) in [6.07, 6.45) is 2.16. The molecule has 3 rings (SSSR count). The summed E-state index contributed by atoms with van der Waals surface area (Å²) in [6, 6.07) is 12.2. The molecule has 6 nitrogen and oxygen atoms in total. The van der Waals surface area contributed by atoms with Crippen molar-refractivity contribution in [3.8, 4) is 6.07 Å². The molecule has 0 radical (unpaired) electrons. The van der Waals surface area contributed by atoms with E-state index in [2.05, 4.69) is 6.07 Å². The highest BCUT2D eigenvalue weighted by Gasteiger charge is 2.31. The fraction of sp³-hybridized carbons (Fsp3) is 0.368. The Bertz CT molecular complexity index is 925. The number of nitriles is 1. The topological polar surface area (TPSA) is 81.5 Å². The molecule has 1 aromatic heterocycles. The van der Waals surface area contributed by atoms with Gasteiger partial charge in [-0.15, -0.1) is 11.3 Å². The van der Waals surface area contributed by atoms with Crippen LogP contribution in [0.15, 0.2) is 46.7 Å². The van der Waals surface area contributed by atoms with E-state index < -0.39 is 10.0 Å². The summed E-state index contributed by atoms with van der Waals surface area (Å²) < 4.78 is 27.0. The van der Waals surface area contributed by atoms with E-state index in [1.54, 1.807) is 28.4 Å². The van der Waals surface area contributed by atoms with Crippen molar-refractivity contribution in [1.29, 1.82) is 5.26 Å². The third-order valence-electron chi connectivity index (χ3n) is 4.61. The summed E-state index contributed by atoms with van der Waals surface area (Å²) in [5.41, 5.74) is 0.143. The van der Waals surface area contributed by atoms with Gasteiger partial charge in [0.25, 0.3) is 0 Å². The number of carbonyl (C=O) groups is 1. The van der Waals surface area contributed by atoms with Crippen LogP contribution in [0.2, 0.25) is 0 Å². The number of nitrogens with zero attached hydrogens (tertiary/aromatic N) is 3. The van der Waals surface area contributed by atoms with Crippen LogP contribution in [-0.4, -0.2) is 49.7 Å². The molecule has 1 aliphatic heterocycles. The molecule has 0 atom stereocenters. The summed E-state index contributed by atoms with van der Waals surface area (Å²) in [7, 11) is -3.73. The molecule has 0 aliphatic carbocycles. The maximum atomic E-state index is 12.8. The number of rotatable bonds is 6. The predicted molar refractivity (Wildman–Crippen MR) is 104 cm³/mol. The number of hydrogen-bond donors (Lipinski definition) is 0. The molecule has 1 saturated heterocycles. The lowest BCUT2D eigenvalue weighted by atomic mass is 10.2. The SMILES string of the molecule is N#Cc1ccccc1S(=O)(=O)N1CCN(C(=O)CCCc2cccs2)CC1. The van der Waals surface area contributed by atoms with Crippen LogP contribution in [0, 0.1) is 11.3 Å². The van der Waals surface area contributed by atoms with Crippen molar-refractivity contribution in [2.75, 3.05) is 26.2 Å². The summed E-state index contributed by atoms with van der Waals surface area (Å²) in [4.78, 5) is 15.4. The lowest BCUT2D eigenvalue weighted by Gasteiger charge is -2.34. The maximum Gasteiger partial charge on any atom is 0.244 e. The number of hydrogen-bond acceptors (Lipinski definition) is 5. The highest BCUT2D eigenvalue weighted by Crippen LogP contribution is 2.21. The Morgan fingerprint density at radius 1 is 1.11 bits per heavy atom. The summed E-state index contributed by atoms with van der Waals surface area (Å²) in [6.45, 7) is 1.26. The molecule has 0 N–H and O–H groups in total.